The second-order valence-electron chi connectivity index (χ2n) is 6.14. The molecule has 0 atom stereocenters. The van der Waals surface area contributed by atoms with E-state index in [9.17, 15) is 0 Å². The number of aryl methyl sites for hydroxylation is 1. The molecule has 106 valence electrons. The highest BCUT2D eigenvalue weighted by atomic mass is 16.5. The van der Waals surface area contributed by atoms with Crippen molar-refractivity contribution in [3.8, 4) is 11.4 Å². The van der Waals surface area contributed by atoms with Crippen molar-refractivity contribution in [1.29, 1.82) is 0 Å². The molecular formula is C15H15N5O. The van der Waals surface area contributed by atoms with Gasteiger partial charge in [-0.3, -0.25) is 5.10 Å². The van der Waals surface area contributed by atoms with Crippen LogP contribution in [0.3, 0.4) is 0 Å². The van der Waals surface area contributed by atoms with Crippen LogP contribution in [0, 0.1) is 6.92 Å². The zero-order valence-corrected chi connectivity index (χ0v) is 11.8. The van der Waals surface area contributed by atoms with Gasteiger partial charge < -0.3 is 4.52 Å². The normalized spacial score (nSPS) is 18.5. The maximum Gasteiger partial charge on any atom is 0.258 e. The highest BCUT2D eigenvalue weighted by molar-refractivity contribution is 5.91. The molecule has 0 amide bonds. The monoisotopic (exact) mass is 281 g/mol. The quantitative estimate of drug-likeness (QED) is 0.798. The van der Waals surface area contributed by atoms with Crippen LogP contribution in [0.15, 0.2) is 10.6 Å². The van der Waals surface area contributed by atoms with Gasteiger partial charge in [-0.15, -0.1) is 0 Å². The van der Waals surface area contributed by atoms with Crippen LogP contribution >= 0.6 is 0 Å². The third-order valence-electron chi connectivity index (χ3n) is 4.34. The van der Waals surface area contributed by atoms with E-state index in [1.807, 2.05) is 6.92 Å². The second kappa shape index (κ2) is 3.90. The van der Waals surface area contributed by atoms with Gasteiger partial charge in [-0.05, 0) is 38.7 Å². The number of fused-ring (bicyclic) bond motifs is 1. The molecule has 2 aliphatic rings. The SMILES string of the molecule is Cc1noc2nc(C3CC3)cc(-c3n[nH]c(C4CC4)n3)c12. The Morgan fingerprint density at radius 1 is 1.14 bits per heavy atom. The van der Waals surface area contributed by atoms with Crippen molar-refractivity contribution in [1.82, 2.24) is 25.3 Å². The van der Waals surface area contributed by atoms with Crippen LogP contribution < -0.4 is 0 Å². The van der Waals surface area contributed by atoms with Crippen LogP contribution in [0.5, 0.6) is 0 Å². The molecule has 2 aliphatic carbocycles. The number of aromatic amines is 1. The Morgan fingerprint density at radius 3 is 2.71 bits per heavy atom. The number of hydrogen-bond donors (Lipinski definition) is 1. The summed E-state index contributed by atoms with van der Waals surface area (Å²) >= 11 is 0. The van der Waals surface area contributed by atoms with Crippen LogP contribution in [0.1, 0.15) is 54.7 Å². The summed E-state index contributed by atoms with van der Waals surface area (Å²) in [4.78, 5) is 9.27. The van der Waals surface area contributed by atoms with E-state index in [-0.39, 0.29) is 0 Å². The van der Waals surface area contributed by atoms with Gasteiger partial charge in [-0.1, -0.05) is 5.16 Å². The van der Waals surface area contributed by atoms with Gasteiger partial charge in [0.1, 0.15) is 5.82 Å². The summed E-state index contributed by atoms with van der Waals surface area (Å²) < 4.78 is 5.37. The van der Waals surface area contributed by atoms with Gasteiger partial charge in [0.15, 0.2) is 5.82 Å². The highest BCUT2D eigenvalue weighted by Gasteiger charge is 2.30. The summed E-state index contributed by atoms with van der Waals surface area (Å²) in [6.07, 6.45) is 4.82. The summed E-state index contributed by atoms with van der Waals surface area (Å²) in [5.41, 5.74) is 3.51. The number of H-pyrrole nitrogens is 1. The van der Waals surface area contributed by atoms with E-state index >= 15 is 0 Å². The van der Waals surface area contributed by atoms with Gasteiger partial charge in [0.2, 0.25) is 0 Å². The molecule has 5 rings (SSSR count). The van der Waals surface area contributed by atoms with Crippen molar-refractivity contribution in [2.45, 2.75) is 44.4 Å². The molecule has 0 radical (unpaired) electrons. The Bertz CT molecular complexity index is 841. The molecule has 21 heavy (non-hydrogen) atoms. The fourth-order valence-electron chi connectivity index (χ4n) is 2.81. The Kier molecular flexibility index (Phi) is 2.12. The number of nitrogens with zero attached hydrogens (tertiary/aromatic N) is 4. The van der Waals surface area contributed by atoms with E-state index in [2.05, 4.69) is 31.4 Å². The maximum absolute atomic E-state index is 5.37. The fraction of sp³-hybridized carbons (Fsp3) is 0.467. The number of aromatic nitrogens is 5. The first-order chi connectivity index (χ1) is 10.3. The Hall–Kier alpha value is -2.24. The zero-order chi connectivity index (χ0) is 14.0. The molecule has 6 heteroatoms. The van der Waals surface area contributed by atoms with Crippen molar-refractivity contribution in [3.63, 3.8) is 0 Å². The average molecular weight is 281 g/mol. The molecule has 0 aliphatic heterocycles. The molecule has 2 fully saturated rings. The molecule has 3 aromatic rings. The Balaban J connectivity index is 1.72. The summed E-state index contributed by atoms with van der Waals surface area (Å²) in [6.45, 7) is 1.93. The smallest absolute Gasteiger partial charge is 0.258 e. The van der Waals surface area contributed by atoms with Gasteiger partial charge in [0.05, 0.1) is 11.1 Å². The number of rotatable bonds is 3. The summed E-state index contributed by atoms with van der Waals surface area (Å²) in [7, 11) is 0. The largest absolute Gasteiger partial charge is 0.336 e. The van der Waals surface area contributed by atoms with Crippen LogP contribution in [-0.2, 0) is 0 Å². The predicted octanol–water partition coefficient (Wildman–Crippen LogP) is 3.07. The van der Waals surface area contributed by atoms with E-state index in [0.29, 0.717) is 17.5 Å². The standard InChI is InChI=1S/C15H15N5O/c1-7-12-10(14-17-13(18-19-14)9-4-5-9)6-11(8-2-3-8)16-15(12)21-20-7/h6,8-9H,2-5H2,1H3,(H,17,18,19). The molecule has 2 saturated carbocycles. The molecule has 0 aromatic carbocycles. The van der Waals surface area contributed by atoms with E-state index in [0.717, 1.165) is 34.0 Å². The first kappa shape index (κ1) is 11.4. The number of pyridine rings is 1. The predicted molar refractivity (Wildman–Crippen MR) is 75.9 cm³/mol. The third kappa shape index (κ3) is 1.78. The Morgan fingerprint density at radius 2 is 1.95 bits per heavy atom. The average Bonchev–Trinajstić information content (AvgIpc) is 3.42. The van der Waals surface area contributed by atoms with Crippen molar-refractivity contribution in [2.75, 3.05) is 0 Å². The van der Waals surface area contributed by atoms with Gasteiger partial charge in [0.25, 0.3) is 5.71 Å². The lowest BCUT2D eigenvalue weighted by Crippen LogP contribution is -1.92. The second-order valence-corrected chi connectivity index (χ2v) is 6.14. The lowest BCUT2D eigenvalue weighted by molar-refractivity contribution is 0.442. The van der Waals surface area contributed by atoms with Gasteiger partial charge in [0, 0.05) is 23.1 Å². The van der Waals surface area contributed by atoms with E-state index in [1.165, 1.54) is 25.7 Å². The molecule has 6 nitrogen and oxygen atoms in total. The lowest BCUT2D eigenvalue weighted by atomic mass is 10.1. The molecule has 3 aromatic heterocycles. The topological polar surface area (TPSA) is 80.5 Å². The summed E-state index contributed by atoms with van der Waals surface area (Å²) in [6, 6.07) is 2.12. The highest BCUT2D eigenvalue weighted by Crippen LogP contribution is 2.42. The van der Waals surface area contributed by atoms with Crippen molar-refractivity contribution < 1.29 is 4.52 Å². The van der Waals surface area contributed by atoms with Crippen molar-refractivity contribution in [2.24, 2.45) is 0 Å². The molecule has 1 N–H and O–H groups in total. The Labute approximate surface area is 121 Å². The van der Waals surface area contributed by atoms with Crippen LogP contribution in [0.2, 0.25) is 0 Å². The minimum absolute atomic E-state index is 0.556. The number of nitrogens with one attached hydrogen (secondary N) is 1. The van der Waals surface area contributed by atoms with Crippen LogP contribution in [-0.4, -0.2) is 25.3 Å². The maximum atomic E-state index is 5.37. The molecule has 0 unspecified atom stereocenters. The minimum atomic E-state index is 0.556. The van der Waals surface area contributed by atoms with Crippen molar-refractivity contribution in [3.05, 3.63) is 23.3 Å². The number of hydrogen-bond acceptors (Lipinski definition) is 5. The molecule has 0 spiro atoms. The van der Waals surface area contributed by atoms with Gasteiger partial charge in [-0.2, -0.15) is 5.10 Å². The zero-order valence-electron chi connectivity index (χ0n) is 11.8. The minimum Gasteiger partial charge on any atom is -0.336 e. The molecular weight excluding hydrogens is 266 g/mol. The molecule has 3 heterocycles. The fourth-order valence-corrected chi connectivity index (χ4v) is 2.81. The van der Waals surface area contributed by atoms with Crippen molar-refractivity contribution >= 4 is 11.1 Å². The summed E-state index contributed by atoms with van der Waals surface area (Å²) in [5, 5.41) is 12.5. The molecule has 0 saturated heterocycles. The third-order valence-corrected chi connectivity index (χ3v) is 4.34. The lowest BCUT2D eigenvalue weighted by Gasteiger charge is -2.02. The van der Waals surface area contributed by atoms with Crippen LogP contribution in [0.4, 0.5) is 0 Å². The molecule has 0 bridgehead atoms. The van der Waals surface area contributed by atoms with E-state index < -0.39 is 0 Å². The van der Waals surface area contributed by atoms with E-state index in [4.69, 9.17) is 4.52 Å². The van der Waals surface area contributed by atoms with E-state index in [1.54, 1.807) is 0 Å². The first-order valence-electron chi connectivity index (χ1n) is 7.49. The van der Waals surface area contributed by atoms with Gasteiger partial charge in [-0.25, -0.2) is 9.97 Å². The first-order valence-corrected chi connectivity index (χ1v) is 7.49. The van der Waals surface area contributed by atoms with Crippen LogP contribution in [0.25, 0.3) is 22.5 Å². The summed E-state index contributed by atoms with van der Waals surface area (Å²) in [5.74, 6) is 2.85. The van der Waals surface area contributed by atoms with Gasteiger partial charge >= 0.3 is 0 Å².